The van der Waals surface area contributed by atoms with Gasteiger partial charge in [-0.1, -0.05) is 28.1 Å². The van der Waals surface area contributed by atoms with Crippen LogP contribution in [-0.4, -0.2) is 38.0 Å². The number of hydrogen-bond donors (Lipinski definition) is 3. The van der Waals surface area contributed by atoms with E-state index in [4.69, 9.17) is 0 Å². The quantitative estimate of drug-likeness (QED) is 0.195. The van der Waals surface area contributed by atoms with Gasteiger partial charge in [-0.3, -0.25) is 9.79 Å². The van der Waals surface area contributed by atoms with Crippen molar-refractivity contribution < 1.29 is 4.79 Å². The van der Waals surface area contributed by atoms with Gasteiger partial charge in [0.2, 0.25) is 0 Å². The molecule has 1 aromatic carbocycles. The monoisotopic (exact) mass is 492 g/mol. The number of rotatable bonds is 5. The summed E-state index contributed by atoms with van der Waals surface area (Å²) in [5.74, 6) is 0.698. The Morgan fingerprint density at radius 1 is 1.17 bits per heavy atom. The van der Waals surface area contributed by atoms with Crippen molar-refractivity contribution >= 4 is 51.8 Å². The summed E-state index contributed by atoms with van der Waals surface area (Å²) in [6.07, 6.45) is 6.40. The molecule has 0 saturated carbocycles. The minimum Gasteiger partial charge on any atom is -0.355 e. The van der Waals surface area contributed by atoms with Crippen LogP contribution < -0.4 is 16.0 Å². The molecular weight excluding hydrogens is 471 g/mol. The van der Waals surface area contributed by atoms with E-state index in [2.05, 4.69) is 49.0 Å². The van der Waals surface area contributed by atoms with Gasteiger partial charge in [-0.25, -0.2) is 0 Å². The maximum absolute atomic E-state index is 11.9. The number of aliphatic imine (C=N–C) groups is 1. The number of halogens is 2. The Bertz CT molecular complexity index is 552. The van der Waals surface area contributed by atoms with Gasteiger partial charge < -0.3 is 16.0 Å². The van der Waals surface area contributed by atoms with Crippen molar-refractivity contribution in [2.75, 3.05) is 20.1 Å². The number of carbonyl (C=O) groups is 1. The zero-order chi connectivity index (χ0) is 15.8. The molecule has 0 aromatic heterocycles. The Hall–Kier alpha value is -1.09. The maximum Gasteiger partial charge on any atom is 0.251 e. The van der Waals surface area contributed by atoms with Crippen LogP contribution in [0.2, 0.25) is 0 Å². The minimum atomic E-state index is -0.0720. The van der Waals surface area contributed by atoms with Crippen LogP contribution in [0.25, 0.3) is 0 Å². The van der Waals surface area contributed by atoms with Gasteiger partial charge in [0.1, 0.15) is 0 Å². The molecule has 0 saturated heterocycles. The van der Waals surface area contributed by atoms with Crippen molar-refractivity contribution in [1.82, 2.24) is 16.0 Å². The summed E-state index contributed by atoms with van der Waals surface area (Å²) in [5.41, 5.74) is 0.655. The van der Waals surface area contributed by atoms with Crippen molar-refractivity contribution in [2.24, 2.45) is 4.99 Å². The minimum absolute atomic E-state index is 0. The Kier molecular flexibility index (Phi) is 9.23. The topological polar surface area (TPSA) is 65.5 Å². The van der Waals surface area contributed by atoms with Gasteiger partial charge in [0.15, 0.2) is 5.96 Å². The van der Waals surface area contributed by atoms with Gasteiger partial charge >= 0.3 is 0 Å². The molecule has 0 unspecified atom stereocenters. The van der Waals surface area contributed by atoms with E-state index in [0.717, 1.165) is 23.3 Å². The number of amides is 1. The van der Waals surface area contributed by atoms with E-state index < -0.39 is 0 Å². The molecule has 3 N–H and O–H groups in total. The largest absolute Gasteiger partial charge is 0.355 e. The summed E-state index contributed by atoms with van der Waals surface area (Å²) in [6, 6.07) is 7.72. The second-order valence-corrected chi connectivity index (χ2v) is 5.96. The Morgan fingerprint density at radius 2 is 1.78 bits per heavy atom. The first-order valence-electron chi connectivity index (χ1n) is 7.35. The number of benzene rings is 1. The van der Waals surface area contributed by atoms with E-state index in [1.165, 1.54) is 0 Å². The van der Waals surface area contributed by atoms with Crippen LogP contribution in [0.5, 0.6) is 0 Å². The molecule has 1 aliphatic rings. The lowest BCUT2D eigenvalue weighted by Gasteiger charge is -2.17. The Balaban J connectivity index is 0.00000264. The lowest BCUT2D eigenvalue weighted by molar-refractivity contribution is 0.0954. The van der Waals surface area contributed by atoms with Crippen LogP contribution in [0.4, 0.5) is 0 Å². The summed E-state index contributed by atoms with van der Waals surface area (Å²) in [7, 11) is 1.75. The van der Waals surface area contributed by atoms with Crippen LogP contribution >= 0.6 is 39.9 Å². The lowest BCUT2D eigenvalue weighted by atomic mass is 10.2. The first kappa shape index (κ1) is 20.0. The molecule has 0 bridgehead atoms. The van der Waals surface area contributed by atoms with Crippen molar-refractivity contribution in [1.29, 1.82) is 0 Å². The van der Waals surface area contributed by atoms with Crippen molar-refractivity contribution in [3.05, 3.63) is 46.5 Å². The molecule has 0 heterocycles. The lowest BCUT2D eigenvalue weighted by Crippen LogP contribution is -2.45. The van der Waals surface area contributed by atoms with Crippen LogP contribution in [0, 0.1) is 0 Å². The van der Waals surface area contributed by atoms with Gasteiger partial charge in [0.05, 0.1) is 0 Å². The highest BCUT2D eigenvalue weighted by molar-refractivity contribution is 14.0. The second-order valence-electron chi connectivity index (χ2n) is 5.05. The molecule has 0 atom stereocenters. The van der Waals surface area contributed by atoms with Gasteiger partial charge in [-0.2, -0.15) is 0 Å². The molecule has 7 heteroatoms. The van der Waals surface area contributed by atoms with Gasteiger partial charge in [-0.15, -0.1) is 24.0 Å². The first-order chi connectivity index (χ1) is 10.7. The van der Waals surface area contributed by atoms with Gasteiger partial charge in [0.25, 0.3) is 5.91 Å². The predicted octanol–water partition coefficient (Wildman–Crippen LogP) is 2.68. The number of nitrogens with zero attached hydrogens (tertiary/aromatic N) is 1. The average Bonchev–Trinajstić information content (AvgIpc) is 3.03. The SMILES string of the molecule is CN=C(NCCNC(=O)c1ccc(Br)cc1)NC1CC=CC1.I. The molecule has 5 nitrogen and oxygen atoms in total. The van der Waals surface area contributed by atoms with Crippen molar-refractivity contribution in [3.8, 4) is 0 Å². The molecule has 0 spiro atoms. The Morgan fingerprint density at radius 3 is 2.39 bits per heavy atom. The van der Waals surface area contributed by atoms with E-state index in [-0.39, 0.29) is 29.9 Å². The summed E-state index contributed by atoms with van der Waals surface area (Å²) < 4.78 is 0.960. The molecule has 126 valence electrons. The van der Waals surface area contributed by atoms with Crippen molar-refractivity contribution in [2.45, 2.75) is 18.9 Å². The van der Waals surface area contributed by atoms with Crippen molar-refractivity contribution in [3.63, 3.8) is 0 Å². The molecule has 23 heavy (non-hydrogen) atoms. The molecule has 2 rings (SSSR count). The molecule has 1 amide bonds. The molecule has 1 aliphatic carbocycles. The summed E-state index contributed by atoms with van der Waals surface area (Å²) in [6.45, 7) is 1.17. The zero-order valence-electron chi connectivity index (χ0n) is 13.0. The fourth-order valence-corrected chi connectivity index (χ4v) is 2.45. The average molecular weight is 493 g/mol. The second kappa shape index (κ2) is 10.6. The summed E-state index contributed by atoms with van der Waals surface area (Å²) in [5, 5.41) is 9.43. The number of hydrogen-bond acceptors (Lipinski definition) is 2. The number of carbonyl (C=O) groups excluding carboxylic acids is 1. The third-order valence-electron chi connectivity index (χ3n) is 3.38. The maximum atomic E-state index is 11.9. The summed E-state index contributed by atoms with van der Waals surface area (Å²) in [4.78, 5) is 16.1. The zero-order valence-corrected chi connectivity index (χ0v) is 16.9. The van der Waals surface area contributed by atoms with Crippen LogP contribution in [0.1, 0.15) is 23.2 Å². The van der Waals surface area contributed by atoms with E-state index in [0.29, 0.717) is 24.7 Å². The highest BCUT2D eigenvalue weighted by Crippen LogP contribution is 2.10. The van der Waals surface area contributed by atoms with Gasteiger partial charge in [0, 0.05) is 36.2 Å². The fourth-order valence-electron chi connectivity index (χ4n) is 2.18. The van der Waals surface area contributed by atoms with E-state index in [1.54, 1.807) is 19.2 Å². The van der Waals surface area contributed by atoms with Crippen LogP contribution in [0.15, 0.2) is 45.9 Å². The molecule has 1 aromatic rings. The van der Waals surface area contributed by atoms with E-state index >= 15 is 0 Å². The third-order valence-corrected chi connectivity index (χ3v) is 3.91. The number of guanidine groups is 1. The smallest absolute Gasteiger partial charge is 0.251 e. The molecule has 0 fully saturated rings. The standard InChI is InChI=1S/C16H21BrN4O.HI/c1-18-16(21-14-4-2-3-5-14)20-11-10-19-15(22)12-6-8-13(17)9-7-12;/h2-3,6-9,14H,4-5,10-11H2,1H3,(H,19,22)(H2,18,20,21);1H. The van der Waals surface area contributed by atoms with Gasteiger partial charge in [-0.05, 0) is 37.1 Å². The fraction of sp³-hybridized carbons (Fsp3) is 0.375. The summed E-state index contributed by atoms with van der Waals surface area (Å²) >= 11 is 3.35. The van der Waals surface area contributed by atoms with Crippen LogP contribution in [0.3, 0.4) is 0 Å². The number of nitrogens with one attached hydrogen (secondary N) is 3. The highest BCUT2D eigenvalue weighted by atomic mass is 127. The molecule has 0 aliphatic heterocycles. The normalized spacial score (nSPS) is 14.3. The third kappa shape index (κ3) is 6.90. The first-order valence-corrected chi connectivity index (χ1v) is 8.14. The van der Waals surface area contributed by atoms with E-state index in [1.807, 2.05) is 12.1 Å². The predicted molar refractivity (Wildman–Crippen MR) is 109 cm³/mol. The Labute approximate surface area is 162 Å². The van der Waals surface area contributed by atoms with E-state index in [9.17, 15) is 4.79 Å². The van der Waals surface area contributed by atoms with Crippen LogP contribution in [-0.2, 0) is 0 Å². The highest BCUT2D eigenvalue weighted by Gasteiger charge is 2.11. The molecular formula is C16H22BrIN4O. The molecule has 0 radical (unpaired) electrons.